The summed E-state index contributed by atoms with van der Waals surface area (Å²) in [6, 6.07) is 23.1. The number of para-hydroxylation sites is 1. The van der Waals surface area contributed by atoms with E-state index in [0.717, 1.165) is 24.3 Å². The number of nitrogens with zero attached hydrogens (tertiary/aromatic N) is 3. The predicted octanol–water partition coefficient (Wildman–Crippen LogP) is 4.67. The van der Waals surface area contributed by atoms with Gasteiger partial charge >= 0.3 is 0 Å². The predicted molar refractivity (Wildman–Crippen MR) is 138 cm³/mol. The van der Waals surface area contributed by atoms with Crippen molar-refractivity contribution in [1.29, 1.82) is 0 Å². The first kappa shape index (κ1) is 23.9. The third-order valence-corrected chi connectivity index (χ3v) is 7.19. The lowest BCUT2D eigenvalue weighted by Gasteiger charge is -2.44. The third-order valence-electron chi connectivity index (χ3n) is 7.19. The molecule has 2 atom stereocenters. The van der Waals surface area contributed by atoms with Gasteiger partial charge < -0.3 is 19.4 Å². The number of rotatable bonds is 5. The molecule has 0 bridgehead atoms. The molecule has 2 aliphatic heterocycles. The Morgan fingerprint density at radius 3 is 2.17 bits per heavy atom. The molecule has 0 aliphatic carbocycles. The summed E-state index contributed by atoms with van der Waals surface area (Å²) in [5, 5.41) is 0. The number of piperidine rings is 1. The van der Waals surface area contributed by atoms with Gasteiger partial charge in [0.25, 0.3) is 0 Å². The highest BCUT2D eigenvalue weighted by Crippen LogP contribution is 2.41. The number of methoxy groups -OCH3 is 1. The van der Waals surface area contributed by atoms with Gasteiger partial charge in [-0.1, -0.05) is 30.3 Å². The average molecular weight is 488 g/mol. The fourth-order valence-electron chi connectivity index (χ4n) is 5.30. The molecule has 0 aromatic heterocycles. The van der Waals surface area contributed by atoms with Crippen LogP contribution in [0.2, 0.25) is 0 Å². The van der Waals surface area contributed by atoms with Gasteiger partial charge in [0.05, 0.1) is 19.1 Å². The van der Waals surface area contributed by atoms with Crippen molar-refractivity contribution in [1.82, 2.24) is 4.90 Å². The summed E-state index contributed by atoms with van der Waals surface area (Å²) in [5.74, 6) is -0.0868. The first-order chi connectivity index (χ1) is 17.5. The van der Waals surface area contributed by atoms with E-state index in [1.165, 1.54) is 12.1 Å². The van der Waals surface area contributed by atoms with Gasteiger partial charge in [-0.05, 0) is 60.5 Å². The number of carbonyl (C=O) groups excluding carboxylic acids is 2. The molecule has 2 amide bonds. The van der Waals surface area contributed by atoms with Crippen molar-refractivity contribution < 1.29 is 18.7 Å². The van der Waals surface area contributed by atoms with E-state index in [9.17, 15) is 14.0 Å². The molecule has 2 saturated heterocycles. The van der Waals surface area contributed by atoms with Gasteiger partial charge in [0.15, 0.2) is 0 Å². The molecule has 186 valence electrons. The molecule has 3 aromatic rings. The maximum atomic E-state index is 13.9. The number of anilines is 2. The van der Waals surface area contributed by atoms with Crippen molar-refractivity contribution >= 4 is 23.2 Å². The van der Waals surface area contributed by atoms with Gasteiger partial charge in [-0.2, -0.15) is 0 Å². The highest BCUT2D eigenvalue weighted by molar-refractivity contribution is 5.97. The minimum atomic E-state index is -0.514. The van der Waals surface area contributed by atoms with Crippen LogP contribution in [-0.4, -0.2) is 50.0 Å². The van der Waals surface area contributed by atoms with Crippen molar-refractivity contribution in [3.8, 4) is 5.75 Å². The third kappa shape index (κ3) is 4.78. The topological polar surface area (TPSA) is 53.1 Å². The number of amides is 2. The monoisotopic (exact) mass is 487 g/mol. The summed E-state index contributed by atoms with van der Waals surface area (Å²) in [7, 11) is 1.59. The van der Waals surface area contributed by atoms with Crippen LogP contribution in [0.1, 0.15) is 24.4 Å². The Morgan fingerprint density at radius 1 is 0.861 bits per heavy atom. The van der Waals surface area contributed by atoms with Crippen LogP contribution in [0.5, 0.6) is 5.75 Å². The fourth-order valence-corrected chi connectivity index (χ4v) is 5.30. The maximum Gasteiger partial charge on any atom is 0.228 e. The van der Waals surface area contributed by atoms with E-state index in [0.29, 0.717) is 30.9 Å². The van der Waals surface area contributed by atoms with Gasteiger partial charge in [0.2, 0.25) is 11.8 Å². The molecule has 7 heteroatoms. The molecule has 0 unspecified atom stereocenters. The lowest BCUT2D eigenvalue weighted by Crippen LogP contribution is -2.54. The molecule has 0 N–H and O–H groups in total. The highest BCUT2D eigenvalue weighted by Gasteiger charge is 2.43. The zero-order valence-electron chi connectivity index (χ0n) is 20.3. The highest BCUT2D eigenvalue weighted by atomic mass is 19.1. The molecule has 36 heavy (non-hydrogen) atoms. The second kappa shape index (κ2) is 10.4. The Bertz CT molecular complexity index is 1190. The van der Waals surface area contributed by atoms with Crippen LogP contribution >= 0.6 is 0 Å². The summed E-state index contributed by atoms with van der Waals surface area (Å²) >= 11 is 0. The Morgan fingerprint density at radius 2 is 1.53 bits per heavy atom. The minimum absolute atomic E-state index is 0.0445. The smallest absolute Gasteiger partial charge is 0.228 e. The van der Waals surface area contributed by atoms with Crippen LogP contribution < -0.4 is 14.5 Å². The van der Waals surface area contributed by atoms with Gasteiger partial charge in [0.1, 0.15) is 11.6 Å². The summed E-state index contributed by atoms with van der Waals surface area (Å²) in [6.07, 6.45) is 0.745. The van der Waals surface area contributed by atoms with E-state index < -0.39 is 12.0 Å². The number of hydrogen-bond acceptors (Lipinski definition) is 4. The molecule has 6 nitrogen and oxygen atoms in total. The van der Waals surface area contributed by atoms with Crippen LogP contribution in [0.25, 0.3) is 0 Å². The lowest BCUT2D eigenvalue weighted by atomic mass is 9.82. The second-order valence-electron chi connectivity index (χ2n) is 9.25. The summed E-state index contributed by atoms with van der Waals surface area (Å²) in [5.41, 5.74) is 2.60. The largest absolute Gasteiger partial charge is 0.497 e. The fraction of sp³-hybridized carbons (Fsp3) is 0.310. The van der Waals surface area contributed by atoms with Crippen molar-refractivity contribution in [3.63, 3.8) is 0 Å². The molecule has 5 rings (SSSR count). The molecule has 0 spiro atoms. The van der Waals surface area contributed by atoms with E-state index in [1.807, 2.05) is 35.2 Å². The van der Waals surface area contributed by atoms with Crippen molar-refractivity contribution in [2.24, 2.45) is 5.92 Å². The second-order valence-corrected chi connectivity index (χ2v) is 9.25. The SMILES string of the molecule is COc1ccc(N2C(=O)CC[C@@H](C(=O)N3CCN(c4ccccc4)CC3)[C@@H]2c2ccc(F)cc2)cc1. The van der Waals surface area contributed by atoms with E-state index in [4.69, 9.17) is 4.74 Å². The first-order valence-electron chi connectivity index (χ1n) is 12.4. The number of ether oxygens (including phenoxy) is 1. The van der Waals surface area contributed by atoms with Crippen LogP contribution in [0.4, 0.5) is 15.8 Å². The zero-order chi connectivity index (χ0) is 25.1. The van der Waals surface area contributed by atoms with E-state index in [1.54, 1.807) is 36.3 Å². The number of benzene rings is 3. The van der Waals surface area contributed by atoms with E-state index in [2.05, 4.69) is 17.0 Å². The Labute approximate surface area is 210 Å². The quantitative estimate of drug-likeness (QED) is 0.525. The summed E-state index contributed by atoms with van der Waals surface area (Å²) in [6.45, 7) is 2.75. The summed E-state index contributed by atoms with van der Waals surface area (Å²) in [4.78, 5) is 33.1. The van der Waals surface area contributed by atoms with E-state index in [-0.39, 0.29) is 24.1 Å². The van der Waals surface area contributed by atoms with Crippen molar-refractivity contribution in [3.05, 3.63) is 90.2 Å². The molecular formula is C29H30FN3O3. The lowest BCUT2D eigenvalue weighted by molar-refractivity contribution is -0.138. The Hall–Kier alpha value is -3.87. The van der Waals surface area contributed by atoms with Gasteiger partial charge in [-0.15, -0.1) is 0 Å². The van der Waals surface area contributed by atoms with Crippen LogP contribution in [0, 0.1) is 11.7 Å². The van der Waals surface area contributed by atoms with Crippen LogP contribution in [0.3, 0.4) is 0 Å². The average Bonchev–Trinajstić information content (AvgIpc) is 2.94. The van der Waals surface area contributed by atoms with Crippen molar-refractivity contribution in [2.75, 3.05) is 43.1 Å². The number of carbonyl (C=O) groups is 2. The Kier molecular flexibility index (Phi) is 6.89. The normalized spacial score (nSPS) is 20.4. The molecular weight excluding hydrogens is 457 g/mol. The number of hydrogen-bond donors (Lipinski definition) is 0. The van der Waals surface area contributed by atoms with E-state index >= 15 is 0 Å². The molecule has 0 radical (unpaired) electrons. The molecule has 2 aliphatic rings. The number of halogens is 1. The molecule has 0 saturated carbocycles. The van der Waals surface area contributed by atoms with Gasteiger partial charge in [0, 0.05) is 44.0 Å². The molecule has 2 fully saturated rings. The zero-order valence-corrected chi connectivity index (χ0v) is 20.3. The van der Waals surface area contributed by atoms with Crippen LogP contribution in [0.15, 0.2) is 78.9 Å². The van der Waals surface area contributed by atoms with Gasteiger partial charge in [-0.25, -0.2) is 4.39 Å². The van der Waals surface area contributed by atoms with Crippen LogP contribution in [-0.2, 0) is 9.59 Å². The number of piperazine rings is 1. The Balaban J connectivity index is 1.42. The molecule has 3 aromatic carbocycles. The van der Waals surface area contributed by atoms with Crippen molar-refractivity contribution in [2.45, 2.75) is 18.9 Å². The molecule has 2 heterocycles. The van der Waals surface area contributed by atoms with Gasteiger partial charge in [-0.3, -0.25) is 9.59 Å². The standard InChI is InChI=1S/C29H30FN3O3/c1-36-25-13-11-24(12-14-25)33-27(34)16-15-26(28(33)21-7-9-22(30)10-8-21)29(35)32-19-17-31(18-20-32)23-5-3-2-4-6-23/h2-14,26,28H,15-20H2,1H3/t26-,28+/m1/s1. The first-order valence-corrected chi connectivity index (χ1v) is 12.4. The summed E-state index contributed by atoms with van der Waals surface area (Å²) < 4.78 is 19.1. The maximum absolute atomic E-state index is 13.9. The minimum Gasteiger partial charge on any atom is -0.497 e.